The molecular weight excluding hydrogens is 366 g/mol. The third-order valence-corrected chi connectivity index (χ3v) is 4.36. The SMILES string of the molecule is CCOc1cc(NC(=NC)NCCc2ccc(-n3cccn3)cc2)ccc1OC. The fraction of sp³-hybridized carbons (Fsp3) is 0.273. The second-order valence-electron chi connectivity index (χ2n) is 6.29. The van der Waals surface area contributed by atoms with Gasteiger partial charge < -0.3 is 20.1 Å². The van der Waals surface area contributed by atoms with Crippen LogP contribution in [-0.2, 0) is 6.42 Å². The highest BCUT2D eigenvalue weighted by atomic mass is 16.5. The molecule has 3 aromatic rings. The summed E-state index contributed by atoms with van der Waals surface area (Å²) >= 11 is 0. The van der Waals surface area contributed by atoms with E-state index < -0.39 is 0 Å². The van der Waals surface area contributed by atoms with Crippen molar-refractivity contribution in [1.29, 1.82) is 0 Å². The van der Waals surface area contributed by atoms with Crippen molar-refractivity contribution in [3.05, 3.63) is 66.5 Å². The van der Waals surface area contributed by atoms with Crippen LogP contribution in [0.5, 0.6) is 11.5 Å². The summed E-state index contributed by atoms with van der Waals surface area (Å²) in [6, 6.07) is 16.0. The summed E-state index contributed by atoms with van der Waals surface area (Å²) in [7, 11) is 3.38. The Balaban J connectivity index is 1.54. The smallest absolute Gasteiger partial charge is 0.195 e. The molecular formula is C22H27N5O2. The molecule has 0 spiro atoms. The molecule has 0 aliphatic rings. The van der Waals surface area contributed by atoms with Crippen LogP contribution in [0.1, 0.15) is 12.5 Å². The van der Waals surface area contributed by atoms with Gasteiger partial charge >= 0.3 is 0 Å². The van der Waals surface area contributed by atoms with E-state index in [1.807, 2.05) is 42.1 Å². The maximum Gasteiger partial charge on any atom is 0.195 e. The van der Waals surface area contributed by atoms with E-state index in [-0.39, 0.29) is 0 Å². The summed E-state index contributed by atoms with van der Waals surface area (Å²) < 4.78 is 12.8. The monoisotopic (exact) mass is 393 g/mol. The molecule has 1 heterocycles. The second-order valence-corrected chi connectivity index (χ2v) is 6.29. The van der Waals surface area contributed by atoms with Gasteiger partial charge in [-0.1, -0.05) is 12.1 Å². The first-order valence-electron chi connectivity index (χ1n) is 9.61. The van der Waals surface area contributed by atoms with Crippen LogP contribution >= 0.6 is 0 Å². The molecule has 0 saturated carbocycles. The molecule has 29 heavy (non-hydrogen) atoms. The lowest BCUT2D eigenvalue weighted by molar-refractivity contribution is 0.311. The Labute approximate surface area is 171 Å². The van der Waals surface area contributed by atoms with Crippen molar-refractivity contribution in [2.75, 3.05) is 32.6 Å². The number of benzene rings is 2. The zero-order valence-corrected chi connectivity index (χ0v) is 17.1. The molecule has 152 valence electrons. The molecule has 0 atom stereocenters. The average Bonchev–Trinajstić information content (AvgIpc) is 3.29. The van der Waals surface area contributed by atoms with Gasteiger partial charge in [-0.3, -0.25) is 4.99 Å². The molecule has 2 aromatic carbocycles. The predicted octanol–water partition coefficient (Wildman–Crippen LogP) is 3.51. The van der Waals surface area contributed by atoms with E-state index in [9.17, 15) is 0 Å². The Morgan fingerprint density at radius 2 is 1.97 bits per heavy atom. The molecule has 0 bridgehead atoms. The van der Waals surface area contributed by atoms with E-state index in [1.165, 1.54) is 5.56 Å². The number of methoxy groups -OCH3 is 1. The van der Waals surface area contributed by atoms with Crippen molar-refractivity contribution in [3.8, 4) is 17.2 Å². The van der Waals surface area contributed by atoms with Crippen molar-refractivity contribution in [2.45, 2.75) is 13.3 Å². The van der Waals surface area contributed by atoms with Crippen LogP contribution in [0.3, 0.4) is 0 Å². The fourth-order valence-electron chi connectivity index (χ4n) is 2.90. The Morgan fingerprint density at radius 1 is 1.14 bits per heavy atom. The van der Waals surface area contributed by atoms with Gasteiger partial charge in [0.25, 0.3) is 0 Å². The van der Waals surface area contributed by atoms with Crippen LogP contribution in [0.15, 0.2) is 65.9 Å². The zero-order chi connectivity index (χ0) is 20.5. The first-order valence-corrected chi connectivity index (χ1v) is 9.61. The lowest BCUT2D eigenvalue weighted by atomic mass is 10.1. The van der Waals surface area contributed by atoms with Gasteiger partial charge in [0.2, 0.25) is 0 Å². The van der Waals surface area contributed by atoms with Crippen LogP contribution in [0.2, 0.25) is 0 Å². The number of nitrogens with one attached hydrogen (secondary N) is 2. The minimum absolute atomic E-state index is 0.575. The van der Waals surface area contributed by atoms with E-state index in [2.05, 4.69) is 45.0 Å². The lowest BCUT2D eigenvalue weighted by Gasteiger charge is -2.14. The predicted molar refractivity (Wildman–Crippen MR) is 116 cm³/mol. The van der Waals surface area contributed by atoms with Crippen LogP contribution < -0.4 is 20.1 Å². The fourth-order valence-corrected chi connectivity index (χ4v) is 2.90. The average molecular weight is 393 g/mol. The number of anilines is 1. The van der Waals surface area contributed by atoms with E-state index in [4.69, 9.17) is 9.47 Å². The van der Waals surface area contributed by atoms with Gasteiger partial charge in [-0.2, -0.15) is 5.10 Å². The molecule has 1 aromatic heterocycles. The lowest BCUT2D eigenvalue weighted by Crippen LogP contribution is -2.32. The van der Waals surface area contributed by atoms with Crippen molar-refractivity contribution >= 4 is 11.6 Å². The van der Waals surface area contributed by atoms with Crippen molar-refractivity contribution in [3.63, 3.8) is 0 Å². The molecule has 0 radical (unpaired) electrons. The summed E-state index contributed by atoms with van der Waals surface area (Å²) in [6.07, 6.45) is 4.59. The van der Waals surface area contributed by atoms with E-state index >= 15 is 0 Å². The first kappa shape index (κ1) is 20.3. The normalized spacial score (nSPS) is 11.2. The molecule has 3 rings (SSSR count). The number of rotatable bonds is 8. The van der Waals surface area contributed by atoms with Gasteiger partial charge in [-0.15, -0.1) is 0 Å². The number of hydrogen-bond donors (Lipinski definition) is 2. The summed E-state index contributed by atoms with van der Waals surface area (Å²) in [5.74, 6) is 2.11. The van der Waals surface area contributed by atoms with Gasteiger partial charge in [-0.25, -0.2) is 4.68 Å². The van der Waals surface area contributed by atoms with Crippen LogP contribution in [0, 0.1) is 0 Å². The maximum absolute atomic E-state index is 5.63. The van der Waals surface area contributed by atoms with Crippen molar-refractivity contribution < 1.29 is 9.47 Å². The number of ether oxygens (including phenoxy) is 2. The maximum atomic E-state index is 5.63. The van der Waals surface area contributed by atoms with Gasteiger partial charge in [-0.05, 0) is 49.2 Å². The number of aromatic nitrogens is 2. The zero-order valence-electron chi connectivity index (χ0n) is 17.1. The largest absolute Gasteiger partial charge is 0.493 e. The topological polar surface area (TPSA) is 72.7 Å². The van der Waals surface area contributed by atoms with Gasteiger partial charge in [0, 0.05) is 37.7 Å². The molecule has 2 N–H and O–H groups in total. The Hall–Kier alpha value is -3.48. The summed E-state index contributed by atoms with van der Waals surface area (Å²) in [5, 5.41) is 10.9. The summed E-state index contributed by atoms with van der Waals surface area (Å²) in [5.41, 5.74) is 3.17. The van der Waals surface area contributed by atoms with Gasteiger partial charge in [0.05, 0.1) is 19.4 Å². The first-order chi connectivity index (χ1) is 14.2. The van der Waals surface area contributed by atoms with Crippen molar-refractivity contribution in [1.82, 2.24) is 15.1 Å². The second kappa shape index (κ2) is 10.2. The number of hydrogen-bond acceptors (Lipinski definition) is 4. The van der Waals surface area contributed by atoms with Crippen LogP contribution in [0.25, 0.3) is 5.69 Å². The summed E-state index contributed by atoms with van der Waals surface area (Å²) in [4.78, 5) is 4.29. The molecule has 0 unspecified atom stereocenters. The Kier molecular flexibility index (Phi) is 7.10. The number of aliphatic imine (C=N–C) groups is 1. The molecule has 0 aliphatic carbocycles. The van der Waals surface area contributed by atoms with Crippen LogP contribution in [-0.4, -0.2) is 43.0 Å². The van der Waals surface area contributed by atoms with Gasteiger partial charge in [0.15, 0.2) is 17.5 Å². The molecule has 7 nitrogen and oxygen atoms in total. The highest BCUT2D eigenvalue weighted by Gasteiger charge is 2.07. The minimum Gasteiger partial charge on any atom is -0.493 e. The number of nitrogens with zero attached hydrogens (tertiary/aromatic N) is 3. The highest BCUT2D eigenvalue weighted by Crippen LogP contribution is 2.30. The minimum atomic E-state index is 0.575. The van der Waals surface area contributed by atoms with E-state index in [1.54, 1.807) is 20.4 Å². The molecule has 0 fully saturated rings. The third-order valence-electron chi connectivity index (χ3n) is 4.36. The van der Waals surface area contributed by atoms with Gasteiger partial charge in [0.1, 0.15) is 0 Å². The number of guanidine groups is 1. The third kappa shape index (κ3) is 5.51. The van der Waals surface area contributed by atoms with E-state index in [0.29, 0.717) is 24.1 Å². The quantitative estimate of drug-likeness (QED) is 0.453. The van der Waals surface area contributed by atoms with Crippen LogP contribution in [0.4, 0.5) is 5.69 Å². The Bertz CT molecular complexity index is 921. The Morgan fingerprint density at radius 3 is 2.62 bits per heavy atom. The molecule has 7 heteroatoms. The van der Waals surface area contributed by atoms with E-state index in [0.717, 1.165) is 24.3 Å². The highest BCUT2D eigenvalue weighted by molar-refractivity contribution is 5.93. The standard InChI is InChI=1S/C22H27N5O2/c1-4-29-21-16-18(8-11-20(21)28-3)26-22(23-2)24-14-12-17-6-9-19(10-7-17)27-15-5-13-25-27/h5-11,13,15-16H,4,12,14H2,1-3H3,(H2,23,24,26). The van der Waals surface area contributed by atoms with Crippen molar-refractivity contribution in [2.24, 2.45) is 4.99 Å². The molecule has 0 aliphatic heterocycles. The summed E-state index contributed by atoms with van der Waals surface area (Å²) in [6.45, 7) is 3.28. The molecule has 0 saturated heterocycles. The molecule has 0 amide bonds.